The highest BCUT2D eigenvalue weighted by Crippen LogP contribution is 2.11. The number of rotatable bonds is 6. The third kappa shape index (κ3) is 6.76. The molecule has 0 fully saturated rings. The summed E-state index contributed by atoms with van der Waals surface area (Å²) in [5.41, 5.74) is 6.73. The van der Waals surface area contributed by atoms with E-state index >= 15 is 0 Å². The second kappa shape index (κ2) is 9.32. The fourth-order valence-corrected chi connectivity index (χ4v) is 1.36. The molecule has 0 bridgehead atoms. The fourth-order valence-electron chi connectivity index (χ4n) is 1.36. The van der Waals surface area contributed by atoms with Gasteiger partial charge < -0.3 is 21.1 Å². The number of nitrogens with two attached hydrogens (primary N) is 1. The van der Waals surface area contributed by atoms with Crippen molar-refractivity contribution in [3.8, 4) is 0 Å². The van der Waals surface area contributed by atoms with Crippen LogP contribution in [-0.2, 0) is 20.9 Å². The number of carbonyl (C=O) groups is 2. The molecule has 0 heterocycles. The van der Waals surface area contributed by atoms with Crippen molar-refractivity contribution in [1.29, 1.82) is 0 Å². The molecule has 0 radical (unpaired) electrons. The van der Waals surface area contributed by atoms with E-state index in [2.05, 4.69) is 10.6 Å². The first-order valence-electron chi connectivity index (χ1n) is 5.50. The van der Waals surface area contributed by atoms with Crippen molar-refractivity contribution in [1.82, 2.24) is 5.32 Å². The molecule has 2 amide bonds. The number of anilines is 1. The Morgan fingerprint density at radius 2 is 2.05 bits per heavy atom. The highest BCUT2D eigenvalue weighted by atomic mass is 35.5. The average molecular weight is 288 g/mol. The summed E-state index contributed by atoms with van der Waals surface area (Å²) >= 11 is 0. The van der Waals surface area contributed by atoms with E-state index in [-0.39, 0.29) is 37.3 Å². The van der Waals surface area contributed by atoms with E-state index in [0.29, 0.717) is 12.3 Å². The molecule has 1 rings (SSSR count). The van der Waals surface area contributed by atoms with Gasteiger partial charge in [0.15, 0.2) is 0 Å². The van der Waals surface area contributed by atoms with E-state index in [1.807, 2.05) is 18.2 Å². The quantitative estimate of drug-likeness (QED) is 0.700. The van der Waals surface area contributed by atoms with Crippen LogP contribution < -0.4 is 16.4 Å². The molecule has 0 saturated carbocycles. The lowest BCUT2D eigenvalue weighted by atomic mass is 10.2. The van der Waals surface area contributed by atoms with E-state index in [1.54, 1.807) is 13.2 Å². The van der Waals surface area contributed by atoms with Crippen molar-refractivity contribution < 1.29 is 14.3 Å². The van der Waals surface area contributed by atoms with Gasteiger partial charge in [0.25, 0.3) is 0 Å². The molecule has 1 aromatic rings. The Morgan fingerprint density at radius 3 is 2.68 bits per heavy atom. The van der Waals surface area contributed by atoms with Gasteiger partial charge in [-0.2, -0.15) is 0 Å². The molecule has 1 aromatic carbocycles. The summed E-state index contributed by atoms with van der Waals surface area (Å²) in [5, 5.41) is 5.06. The number of nitrogens with one attached hydrogen (secondary N) is 2. The summed E-state index contributed by atoms with van der Waals surface area (Å²) in [6.07, 6.45) is 0. The maximum Gasteiger partial charge on any atom is 0.243 e. The number of benzene rings is 1. The SMILES string of the molecule is COCc1cccc(NC(=O)CNC(=O)CN)c1.Cl. The van der Waals surface area contributed by atoms with Crippen LogP contribution in [0, 0.1) is 0 Å². The Kier molecular flexibility index (Phi) is 8.52. The van der Waals surface area contributed by atoms with Crippen LogP contribution in [-0.4, -0.2) is 32.0 Å². The lowest BCUT2D eigenvalue weighted by molar-refractivity contribution is -0.123. The molecule has 7 heteroatoms. The predicted molar refractivity (Wildman–Crippen MR) is 75.1 cm³/mol. The van der Waals surface area contributed by atoms with Crippen molar-refractivity contribution in [2.45, 2.75) is 6.61 Å². The summed E-state index contributed by atoms with van der Waals surface area (Å²) in [6.45, 7) is 0.259. The smallest absolute Gasteiger partial charge is 0.243 e. The zero-order valence-corrected chi connectivity index (χ0v) is 11.5. The Morgan fingerprint density at radius 1 is 1.32 bits per heavy atom. The van der Waals surface area contributed by atoms with Crippen molar-refractivity contribution in [2.75, 3.05) is 25.5 Å². The lowest BCUT2D eigenvalue weighted by Gasteiger charge is -2.07. The van der Waals surface area contributed by atoms with E-state index < -0.39 is 0 Å². The molecule has 0 saturated heterocycles. The maximum absolute atomic E-state index is 11.5. The number of amides is 2. The van der Waals surface area contributed by atoms with E-state index in [9.17, 15) is 9.59 Å². The van der Waals surface area contributed by atoms with Crippen molar-refractivity contribution in [3.05, 3.63) is 29.8 Å². The molecular weight excluding hydrogens is 270 g/mol. The molecule has 0 unspecified atom stereocenters. The summed E-state index contributed by atoms with van der Waals surface area (Å²) in [7, 11) is 1.60. The number of hydrogen-bond donors (Lipinski definition) is 3. The predicted octanol–water partition coefficient (Wildman–Crippen LogP) is 0.268. The van der Waals surface area contributed by atoms with Crippen LogP contribution in [0.5, 0.6) is 0 Å². The molecule has 19 heavy (non-hydrogen) atoms. The standard InChI is InChI=1S/C12H17N3O3.ClH/c1-18-8-9-3-2-4-10(5-9)15-12(17)7-14-11(16)6-13;/h2-5H,6-8,13H2,1H3,(H,14,16)(H,15,17);1H. The van der Waals surface area contributed by atoms with Crippen molar-refractivity contribution >= 4 is 29.9 Å². The minimum Gasteiger partial charge on any atom is -0.380 e. The molecule has 0 aliphatic rings. The van der Waals surface area contributed by atoms with E-state index in [1.165, 1.54) is 0 Å². The van der Waals surface area contributed by atoms with E-state index in [0.717, 1.165) is 5.56 Å². The average Bonchev–Trinajstić information content (AvgIpc) is 2.37. The van der Waals surface area contributed by atoms with Gasteiger partial charge in [0.05, 0.1) is 19.7 Å². The number of ether oxygens (including phenoxy) is 1. The first-order valence-corrected chi connectivity index (χ1v) is 5.50. The van der Waals surface area contributed by atoms with Gasteiger partial charge in [0.1, 0.15) is 0 Å². The number of halogens is 1. The molecule has 4 N–H and O–H groups in total. The van der Waals surface area contributed by atoms with Crippen LogP contribution in [0.4, 0.5) is 5.69 Å². The normalized spacial score (nSPS) is 9.37. The monoisotopic (exact) mass is 287 g/mol. The molecule has 0 atom stereocenters. The number of hydrogen-bond acceptors (Lipinski definition) is 4. The topological polar surface area (TPSA) is 93.5 Å². The highest BCUT2D eigenvalue weighted by molar-refractivity contribution is 5.94. The molecule has 0 aromatic heterocycles. The molecule has 6 nitrogen and oxygen atoms in total. The molecule has 0 spiro atoms. The van der Waals surface area contributed by atoms with Crippen LogP contribution in [0.25, 0.3) is 0 Å². The number of methoxy groups -OCH3 is 1. The molecule has 106 valence electrons. The first kappa shape index (κ1) is 17.4. The van der Waals surface area contributed by atoms with Crippen molar-refractivity contribution in [2.24, 2.45) is 5.73 Å². The van der Waals surface area contributed by atoms with Gasteiger partial charge in [-0.05, 0) is 17.7 Å². The Labute approximate surface area is 118 Å². The zero-order valence-electron chi connectivity index (χ0n) is 10.6. The van der Waals surface area contributed by atoms with Crippen LogP contribution in [0.2, 0.25) is 0 Å². The lowest BCUT2D eigenvalue weighted by Crippen LogP contribution is -2.36. The van der Waals surface area contributed by atoms with Gasteiger partial charge >= 0.3 is 0 Å². The third-order valence-electron chi connectivity index (χ3n) is 2.15. The van der Waals surface area contributed by atoms with Crippen LogP contribution in [0.15, 0.2) is 24.3 Å². The van der Waals surface area contributed by atoms with Gasteiger partial charge in [-0.3, -0.25) is 9.59 Å². The second-order valence-electron chi connectivity index (χ2n) is 3.66. The molecule has 0 aliphatic heterocycles. The van der Waals surface area contributed by atoms with Crippen LogP contribution in [0.1, 0.15) is 5.56 Å². The van der Waals surface area contributed by atoms with Crippen LogP contribution in [0.3, 0.4) is 0 Å². The Bertz CT molecular complexity index is 426. The highest BCUT2D eigenvalue weighted by Gasteiger charge is 2.04. The van der Waals surface area contributed by atoms with Crippen molar-refractivity contribution in [3.63, 3.8) is 0 Å². The zero-order chi connectivity index (χ0) is 13.4. The minimum absolute atomic E-state index is 0. The maximum atomic E-state index is 11.5. The van der Waals surface area contributed by atoms with Gasteiger partial charge in [-0.25, -0.2) is 0 Å². The Balaban J connectivity index is 0.00000324. The van der Waals surface area contributed by atoms with E-state index in [4.69, 9.17) is 10.5 Å². The third-order valence-corrected chi connectivity index (χ3v) is 2.15. The summed E-state index contributed by atoms with van der Waals surface area (Å²) in [6, 6.07) is 7.30. The van der Waals surface area contributed by atoms with Gasteiger partial charge in [0.2, 0.25) is 11.8 Å². The molecular formula is C12H18ClN3O3. The number of carbonyl (C=O) groups excluding carboxylic acids is 2. The van der Waals surface area contributed by atoms with Gasteiger partial charge in [0, 0.05) is 12.8 Å². The fraction of sp³-hybridized carbons (Fsp3) is 0.333. The first-order chi connectivity index (χ1) is 8.65. The van der Waals surface area contributed by atoms with Crippen LogP contribution >= 0.6 is 12.4 Å². The Hall–Kier alpha value is -1.63. The molecule has 0 aliphatic carbocycles. The summed E-state index contributed by atoms with van der Waals surface area (Å²) in [4.78, 5) is 22.4. The second-order valence-corrected chi connectivity index (χ2v) is 3.66. The summed E-state index contributed by atoms with van der Waals surface area (Å²) in [5.74, 6) is -0.662. The van der Waals surface area contributed by atoms with Gasteiger partial charge in [-0.15, -0.1) is 12.4 Å². The largest absolute Gasteiger partial charge is 0.380 e. The minimum atomic E-state index is -0.363. The van der Waals surface area contributed by atoms with Gasteiger partial charge in [-0.1, -0.05) is 12.1 Å². The summed E-state index contributed by atoms with van der Waals surface area (Å²) < 4.78 is 5.00.